The van der Waals surface area contributed by atoms with E-state index in [1.165, 1.54) is 77.3 Å². The van der Waals surface area contributed by atoms with Crippen LogP contribution in [0.3, 0.4) is 0 Å². The van der Waals surface area contributed by atoms with Crippen molar-refractivity contribution >= 4 is 0 Å². The van der Waals surface area contributed by atoms with Crippen LogP contribution in [0.25, 0.3) is 0 Å². The summed E-state index contributed by atoms with van der Waals surface area (Å²) in [6.45, 7) is 7.49. The minimum absolute atomic E-state index is 0.424. The fourth-order valence-corrected chi connectivity index (χ4v) is 4.95. The lowest BCUT2D eigenvalue weighted by atomic mass is 9.73. The first-order valence-corrected chi connectivity index (χ1v) is 9.37. The highest BCUT2D eigenvalue weighted by Crippen LogP contribution is 2.40. The molecule has 0 amide bonds. The van der Waals surface area contributed by atoms with Crippen molar-refractivity contribution in [2.45, 2.75) is 82.2 Å². The lowest BCUT2D eigenvalue weighted by Crippen LogP contribution is -2.71. The Balaban J connectivity index is 1.69. The summed E-state index contributed by atoms with van der Waals surface area (Å²) < 4.78 is 5.68. The number of ether oxygens (including phenoxy) is 1. The number of nitrogens with zero attached hydrogens (tertiary/aromatic N) is 1. The third-order valence-electron chi connectivity index (χ3n) is 6.26. The van der Waals surface area contributed by atoms with Crippen molar-refractivity contribution in [1.82, 2.24) is 10.2 Å². The Kier molecular flexibility index (Phi) is 5.23. The Morgan fingerprint density at radius 1 is 0.952 bits per heavy atom. The zero-order valence-electron chi connectivity index (χ0n) is 14.0. The van der Waals surface area contributed by atoms with E-state index in [1.54, 1.807) is 0 Å². The Morgan fingerprint density at radius 2 is 1.62 bits per heavy atom. The fraction of sp³-hybridized carbons (Fsp3) is 1.00. The summed E-state index contributed by atoms with van der Waals surface area (Å²) in [7, 11) is 0. The summed E-state index contributed by atoms with van der Waals surface area (Å²) >= 11 is 0. The van der Waals surface area contributed by atoms with Crippen LogP contribution in [0, 0.1) is 0 Å². The second kappa shape index (κ2) is 6.97. The van der Waals surface area contributed by atoms with Gasteiger partial charge in [0.25, 0.3) is 0 Å². The molecule has 3 fully saturated rings. The van der Waals surface area contributed by atoms with E-state index in [2.05, 4.69) is 17.1 Å². The predicted molar refractivity (Wildman–Crippen MR) is 87.7 cm³/mol. The van der Waals surface area contributed by atoms with Crippen LogP contribution in [0.5, 0.6) is 0 Å². The Hall–Kier alpha value is -0.120. The van der Waals surface area contributed by atoms with Crippen LogP contribution in [-0.2, 0) is 4.74 Å². The molecular formula is C18H34N2O. The Bertz CT molecular complexity index is 319. The summed E-state index contributed by atoms with van der Waals surface area (Å²) in [5, 5.41) is 4.03. The van der Waals surface area contributed by atoms with Gasteiger partial charge in [-0.1, -0.05) is 38.5 Å². The Morgan fingerprint density at radius 3 is 2.29 bits per heavy atom. The van der Waals surface area contributed by atoms with Crippen LogP contribution in [0.1, 0.15) is 71.1 Å². The average Bonchev–Trinajstić information content (AvgIpc) is 2.53. The zero-order valence-corrected chi connectivity index (χ0v) is 14.0. The number of hydrogen-bond donors (Lipinski definition) is 1. The van der Waals surface area contributed by atoms with Crippen molar-refractivity contribution in [3.05, 3.63) is 0 Å². The van der Waals surface area contributed by atoms with E-state index in [0.29, 0.717) is 11.1 Å². The van der Waals surface area contributed by atoms with Crippen molar-refractivity contribution in [2.75, 3.05) is 32.8 Å². The number of piperazine rings is 1. The number of rotatable bonds is 4. The molecule has 3 aliphatic rings. The lowest BCUT2D eigenvalue weighted by molar-refractivity contribution is -0.0428. The van der Waals surface area contributed by atoms with E-state index < -0.39 is 0 Å². The molecule has 0 unspecified atom stereocenters. The maximum Gasteiger partial charge on any atom is 0.0593 e. The molecule has 0 aromatic rings. The molecule has 1 aliphatic heterocycles. The van der Waals surface area contributed by atoms with Crippen LogP contribution in [-0.4, -0.2) is 48.8 Å². The molecule has 3 heteroatoms. The van der Waals surface area contributed by atoms with Gasteiger partial charge >= 0.3 is 0 Å². The summed E-state index contributed by atoms with van der Waals surface area (Å²) in [5.74, 6) is 0. The van der Waals surface area contributed by atoms with Crippen LogP contribution in [0.2, 0.25) is 0 Å². The highest BCUT2D eigenvalue weighted by Gasteiger charge is 2.47. The van der Waals surface area contributed by atoms with Gasteiger partial charge in [-0.3, -0.25) is 4.90 Å². The van der Waals surface area contributed by atoms with Crippen molar-refractivity contribution in [1.29, 1.82) is 0 Å². The maximum atomic E-state index is 5.68. The lowest BCUT2D eigenvalue weighted by Gasteiger charge is -2.57. The maximum absolute atomic E-state index is 5.68. The van der Waals surface area contributed by atoms with Crippen LogP contribution in [0.4, 0.5) is 0 Å². The molecule has 0 aromatic carbocycles. The molecule has 21 heavy (non-hydrogen) atoms. The molecule has 2 saturated carbocycles. The second-order valence-corrected chi connectivity index (χ2v) is 7.60. The van der Waals surface area contributed by atoms with Gasteiger partial charge in [0.1, 0.15) is 0 Å². The average molecular weight is 294 g/mol. The van der Waals surface area contributed by atoms with Crippen molar-refractivity contribution in [3.63, 3.8) is 0 Å². The highest BCUT2D eigenvalue weighted by atomic mass is 16.5. The third-order valence-corrected chi connectivity index (χ3v) is 6.26. The van der Waals surface area contributed by atoms with E-state index >= 15 is 0 Å². The summed E-state index contributed by atoms with van der Waals surface area (Å²) in [5.41, 5.74) is 0.866. The van der Waals surface area contributed by atoms with Gasteiger partial charge in [-0.05, 0) is 32.6 Å². The van der Waals surface area contributed by atoms with Gasteiger partial charge < -0.3 is 10.1 Å². The van der Waals surface area contributed by atoms with Gasteiger partial charge in [0.05, 0.1) is 6.61 Å². The molecule has 1 heterocycles. The zero-order chi connectivity index (χ0) is 14.6. The number of hydrogen-bond acceptors (Lipinski definition) is 3. The normalized spacial score (nSPS) is 29.0. The molecule has 0 aromatic heterocycles. The van der Waals surface area contributed by atoms with Gasteiger partial charge in [0, 0.05) is 37.3 Å². The van der Waals surface area contributed by atoms with Gasteiger partial charge in [0.2, 0.25) is 0 Å². The minimum Gasteiger partial charge on any atom is -0.380 e. The van der Waals surface area contributed by atoms with Gasteiger partial charge in [-0.2, -0.15) is 0 Å². The third kappa shape index (κ3) is 3.46. The molecule has 3 nitrogen and oxygen atoms in total. The molecule has 0 atom stereocenters. The summed E-state index contributed by atoms with van der Waals surface area (Å²) in [4.78, 5) is 2.84. The first kappa shape index (κ1) is 15.8. The SMILES string of the molecule is CCOCCN1CC2(CCCCC2)NCC12CCCCC2. The fourth-order valence-electron chi connectivity index (χ4n) is 4.95. The monoisotopic (exact) mass is 294 g/mol. The smallest absolute Gasteiger partial charge is 0.0593 e. The molecular weight excluding hydrogens is 260 g/mol. The van der Waals surface area contributed by atoms with E-state index in [0.717, 1.165) is 19.8 Å². The van der Waals surface area contributed by atoms with Crippen LogP contribution < -0.4 is 5.32 Å². The molecule has 1 N–H and O–H groups in total. The van der Waals surface area contributed by atoms with Crippen molar-refractivity contribution < 1.29 is 4.74 Å². The van der Waals surface area contributed by atoms with Crippen LogP contribution in [0.15, 0.2) is 0 Å². The molecule has 2 spiro atoms. The van der Waals surface area contributed by atoms with E-state index in [9.17, 15) is 0 Å². The predicted octanol–water partition coefficient (Wildman–Crippen LogP) is 3.33. The molecule has 1 saturated heterocycles. The Labute approximate surface area is 130 Å². The summed E-state index contributed by atoms with van der Waals surface area (Å²) in [6, 6.07) is 0. The van der Waals surface area contributed by atoms with Gasteiger partial charge in [-0.25, -0.2) is 0 Å². The number of nitrogens with one attached hydrogen (secondary N) is 1. The van der Waals surface area contributed by atoms with Crippen molar-refractivity contribution in [2.24, 2.45) is 0 Å². The molecule has 0 bridgehead atoms. The highest BCUT2D eigenvalue weighted by molar-refractivity contribution is 5.07. The molecule has 3 rings (SSSR count). The van der Waals surface area contributed by atoms with E-state index in [4.69, 9.17) is 4.74 Å². The molecule has 122 valence electrons. The topological polar surface area (TPSA) is 24.5 Å². The first-order valence-electron chi connectivity index (χ1n) is 9.37. The quantitative estimate of drug-likeness (QED) is 0.805. The van der Waals surface area contributed by atoms with Crippen LogP contribution >= 0.6 is 0 Å². The van der Waals surface area contributed by atoms with E-state index in [1.807, 2.05) is 0 Å². The van der Waals surface area contributed by atoms with Gasteiger partial charge in [-0.15, -0.1) is 0 Å². The minimum atomic E-state index is 0.424. The molecule has 2 aliphatic carbocycles. The standard InChI is InChI=1S/C18H34N2O/c1-2-21-14-13-20-16-17(9-5-3-6-10-17)19-15-18(20)11-7-4-8-12-18/h19H,2-16H2,1H3. The van der Waals surface area contributed by atoms with Gasteiger partial charge in [0.15, 0.2) is 0 Å². The van der Waals surface area contributed by atoms with E-state index in [-0.39, 0.29) is 0 Å². The second-order valence-electron chi connectivity index (χ2n) is 7.60. The summed E-state index contributed by atoms with van der Waals surface area (Å²) in [6.07, 6.45) is 14.1. The molecule has 0 radical (unpaired) electrons. The van der Waals surface area contributed by atoms with Crippen molar-refractivity contribution in [3.8, 4) is 0 Å². The largest absolute Gasteiger partial charge is 0.380 e. The first-order chi connectivity index (χ1) is 10.3.